The third-order valence-corrected chi connectivity index (χ3v) is 4.04. The van der Waals surface area contributed by atoms with Gasteiger partial charge < -0.3 is 19.3 Å². The number of carbonyl (C=O) groups is 1. The Morgan fingerprint density at radius 1 is 1.11 bits per heavy atom. The molecule has 6 nitrogen and oxygen atoms in total. The summed E-state index contributed by atoms with van der Waals surface area (Å²) >= 11 is 0. The highest BCUT2D eigenvalue weighted by atomic mass is 19.1. The second-order valence-electron chi connectivity index (χ2n) is 6.04. The average molecular weight is 378 g/mol. The number of halogens is 1. The minimum absolute atomic E-state index is 0.0269. The summed E-state index contributed by atoms with van der Waals surface area (Å²) in [4.78, 5) is 17.1. The van der Waals surface area contributed by atoms with E-state index in [0.717, 1.165) is 0 Å². The molecule has 4 aromatic rings. The van der Waals surface area contributed by atoms with Crippen LogP contribution in [0.4, 0.5) is 10.1 Å². The van der Waals surface area contributed by atoms with E-state index < -0.39 is 11.7 Å². The molecule has 2 aromatic heterocycles. The molecule has 1 amide bonds. The molecule has 0 aliphatic heterocycles. The van der Waals surface area contributed by atoms with Crippen LogP contribution in [0.3, 0.4) is 0 Å². The number of hydrogen-bond donors (Lipinski definition) is 2. The zero-order valence-corrected chi connectivity index (χ0v) is 14.6. The molecule has 0 atom stereocenters. The number of nitrogens with zero attached hydrogens (tertiary/aromatic N) is 1. The zero-order valence-electron chi connectivity index (χ0n) is 14.6. The van der Waals surface area contributed by atoms with Crippen LogP contribution in [0.25, 0.3) is 11.0 Å². The van der Waals surface area contributed by atoms with Crippen LogP contribution in [0.2, 0.25) is 0 Å². The molecule has 140 valence electrons. The summed E-state index contributed by atoms with van der Waals surface area (Å²) in [6.07, 6.45) is 1.52. The molecule has 7 heteroatoms. The Balaban J connectivity index is 1.79. The minimum Gasteiger partial charge on any atom is -0.508 e. The zero-order chi connectivity index (χ0) is 19.5. The van der Waals surface area contributed by atoms with Gasteiger partial charge in [-0.3, -0.25) is 4.79 Å². The van der Waals surface area contributed by atoms with Gasteiger partial charge in [-0.25, -0.2) is 9.38 Å². The lowest BCUT2D eigenvalue weighted by Crippen LogP contribution is -2.28. The summed E-state index contributed by atoms with van der Waals surface area (Å²) < 4.78 is 24.1. The van der Waals surface area contributed by atoms with Crippen molar-refractivity contribution >= 4 is 22.6 Å². The van der Waals surface area contributed by atoms with Crippen LogP contribution < -0.4 is 10.9 Å². The summed E-state index contributed by atoms with van der Waals surface area (Å²) in [6, 6.07) is 15.2. The highest BCUT2D eigenvalue weighted by Gasteiger charge is 2.13. The van der Waals surface area contributed by atoms with Gasteiger partial charge in [-0.2, -0.15) is 0 Å². The first-order chi connectivity index (χ1) is 13.6. The summed E-state index contributed by atoms with van der Waals surface area (Å²) in [5.74, 6) is -0.168. The molecule has 0 aliphatic carbocycles. The summed E-state index contributed by atoms with van der Waals surface area (Å²) in [6.45, 7) is 0.204. The Kier molecular flexibility index (Phi) is 4.63. The van der Waals surface area contributed by atoms with E-state index in [1.165, 1.54) is 42.7 Å². The number of furan rings is 1. The maximum absolute atomic E-state index is 13.2. The lowest BCUT2D eigenvalue weighted by molar-refractivity contribution is 0.0944. The molecule has 2 aromatic carbocycles. The number of amides is 1. The molecule has 0 spiro atoms. The van der Waals surface area contributed by atoms with Gasteiger partial charge in [0.15, 0.2) is 0 Å². The molecular weight excluding hydrogens is 363 g/mol. The van der Waals surface area contributed by atoms with Crippen LogP contribution >= 0.6 is 0 Å². The molecule has 0 radical (unpaired) electrons. The van der Waals surface area contributed by atoms with Crippen molar-refractivity contribution in [1.29, 1.82) is 0 Å². The number of phenolic OH excluding ortho intramolecular Hbond substituents is 1. The number of aromatic hydroxyl groups is 1. The van der Waals surface area contributed by atoms with Gasteiger partial charge in [0.1, 0.15) is 28.5 Å². The van der Waals surface area contributed by atoms with Crippen LogP contribution in [-0.2, 0) is 6.54 Å². The molecule has 0 saturated carbocycles. The van der Waals surface area contributed by atoms with E-state index in [9.17, 15) is 14.3 Å². The molecule has 2 heterocycles. The molecule has 0 unspecified atom stereocenters. The van der Waals surface area contributed by atoms with Crippen molar-refractivity contribution in [3.63, 3.8) is 0 Å². The van der Waals surface area contributed by atoms with E-state index >= 15 is 0 Å². The Morgan fingerprint density at radius 3 is 2.68 bits per heavy atom. The SMILES string of the molecule is O=C(NCc1ccco1)c1cc2ccc(O)cc2oc1=Nc1ccc(F)cc1. The lowest BCUT2D eigenvalue weighted by Gasteiger charge is -2.06. The first-order valence-electron chi connectivity index (χ1n) is 8.46. The highest BCUT2D eigenvalue weighted by Crippen LogP contribution is 2.20. The number of benzene rings is 2. The molecule has 28 heavy (non-hydrogen) atoms. The molecule has 2 N–H and O–H groups in total. The molecule has 0 bridgehead atoms. The standard InChI is InChI=1S/C21H15FN2O4/c22-14-4-6-15(7-5-14)24-21-18(20(26)23-12-17-2-1-9-27-17)10-13-3-8-16(25)11-19(13)28-21/h1-11,25H,12H2,(H,23,26). The summed E-state index contributed by atoms with van der Waals surface area (Å²) in [5.41, 5.74) is 1.03. The van der Waals surface area contributed by atoms with Crippen molar-refractivity contribution in [1.82, 2.24) is 5.32 Å². The Bertz CT molecular complexity index is 1200. The minimum atomic E-state index is -0.406. The van der Waals surface area contributed by atoms with Gasteiger partial charge in [0.05, 0.1) is 18.5 Å². The maximum Gasteiger partial charge on any atom is 0.257 e. The summed E-state index contributed by atoms with van der Waals surface area (Å²) in [5, 5.41) is 13.1. The van der Waals surface area contributed by atoms with Crippen molar-refractivity contribution in [2.45, 2.75) is 6.54 Å². The number of rotatable bonds is 4. The van der Waals surface area contributed by atoms with Gasteiger partial charge in [-0.1, -0.05) is 0 Å². The molecule has 0 fully saturated rings. The van der Waals surface area contributed by atoms with E-state index in [2.05, 4.69) is 10.3 Å². The fourth-order valence-corrected chi connectivity index (χ4v) is 2.66. The van der Waals surface area contributed by atoms with Gasteiger partial charge in [-0.15, -0.1) is 0 Å². The fraction of sp³-hybridized carbons (Fsp3) is 0.0476. The lowest BCUT2D eigenvalue weighted by atomic mass is 10.1. The van der Waals surface area contributed by atoms with Crippen LogP contribution in [0.1, 0.15) is 16.1 Å². The Hall–Kier alpha value is -3.87. The molecule has 4 rings (SSSR count). The van der Waals surface area contributed by atoms with Crippen LogP contribution in [0.5, 0.6) is 5.75 Å². The largest absolute Gasteiger partial charge is 0.508 e. The summed E-state index contributed by atoms with van der Waals surface area (Å²) in [7, 11) is 0. The quantitative estimate of drug-likeness (QED) is 0.561. The maximum atomic E-state index is 13.2. The van der Waals surface area contributed by atoms with E-state index in [0.29, 0.717) is 22.4 Å². The van der Waals surface area contributed by atoms with Gasteiger partial charge in [0.2, 0.25) is 5.55 Å². The fourth-order valence-electron chi connectivity index (χ4n) is 2.66. The van der Waals surface area contributed by atoms with Crippen molar-refractivity contribution in [3.8, 4) is 5.75 Å². The normalized spacial score (nSPS) is 11.7. The second kappa shape index (κ2) is 7.40. The average Bonchev–Trinajstić information content (AvgIpc) is 3.21. The number of phenols is 1. The van der Waals surface area contributed by atoms with Crippen molar-refractivity contribution < 1.29 is 23.1 Å². The predicted molar refractivity (Wildman–Crippen MR) is 99.4 cm³/mol. The van der Waals surface area contributed by atoms with Gasteiger partial charge in [0.25, 0.3) is 5.91 Å². The number of nitrogens with one attached hydrogen (secondary N) is 1. The third kappa shape index (κ3) is 3.78. The Morgan fingerprint density at radius 2 is 1.93 bits per heavy atom. The number of fused-ring (bicyclic) bond motifs is 1. The van der Waals surface area contributed by atoms with E-state index in [1.807, 2.05) is 0 Å². The van der Waals surface area contributed by atoms with Crippen LogP contribution in [-0.4, -0.2) is 11.0 Å². The highest BCUT2D eigenvalue weighted by molar-refractivity contribution is 5.96. The predicted octanol–water partition coefficient (Wildman–Crippen LogP) is 4.03. The molecule has 0 saturated heterocycles. The van der Waals surface area contributed by atoms with Gasteiger partial charge in [-0.05, 0) is 54.6 Å². The van der Waals surface area contributed by atoms with Gasteiger partial charge in [0, 0.05) is 11.5 Å². The smallest absolute Gasteiger partial charge is 0.257 e. The van der Waals surface area contributed by atoms with Crippen molar-refractivity contribution in [2.24, 2.45) is 4.99 Å². The second-order valence-corrected chi connectivity index (χ2v) is 6.04. The molecular formula is C21H15FN2O4. The Labute approximate surface area is 158 Å². The van der Waals surface area contributed by atoms with Crippen LogP contribution in [0, 0.1) is 5.82 Å². The van der Waals surface area contributed by atoms with Gasteiger partial charge >= 0.3 is 0 Å². The molecule has 0 aliphatic rings. The van der Waals surface area contributed by atoms with E-state index in [4.69, 9.17) is 8.83 Å². The first kappa shape index (κ1) is 17.5. The monoisotopic (exact) mass is 378 g/mol. The topological polar surface area (TPSA) is 88.0 Å². The van der Waals surface area contributed by atoms with Crippen molar-refractivity contribution in [2.75, 3.05) is 0 Å². The number of hydrogen-bond acceptors (Lipinski definition) is 5. The number of carbonyl (C=O) groups excluding carboxylic acids is 1. The van der Waals surface area contributed by atoms with E-state index in [1.54, 1.807) is 24.3 Å². The van der Waals surface area contributed by atoms with Crippen LogP contribution in [0.15, 0.2) is 80.8 Å². The van der Waals surface area contributed by atoms with E-state index in [-0.39, 0.29) is 23.4 Å². The third-order valence-electron chi connectivity index (χ3n) is 4.04. The van der Waals surface area contributed by atoms with Crippen molar-refractivity contribution in [3.05, 3.63) is 89.6 Å². The first-order valence-corrected chi connectivity index (χ1v) is 8.46.